The fraction of sp³-hybridized carbons (Fsp3) is 0.429. The van der Waals surface area contributed by atoms with Gasteiger partial charge in [-0.2, -0.15) is 4.98 Å². The van der Waals surface area contributed by atoms with E-state index in [-0.39, 0.29) is 44.4 Å². The standard InChI is InChI=1S/C28H33ClFN9O4S3/c1-36-10-12-37(13-11-36)19-6-8-38(9-7-19)27-21(30)14-18(15-31-27)34-28-32-16-20(29)26(35-28)39(46(3,42)43)22-4-5-23-24(33-17-44-23)25(22)45(2,40)41/h4-5,14-17,19H,6-13H2,1-3H3,(H,32,34,35). The number of piperidine rings is 1. The third kappa shape index (κ3) is 6.75. The van der Waals surface area contributed by atoms with Gasteiger partial charge in [0, 0.05) is 57.6 Å². The molecule has 0 amide bonds. The lowest BCUT2D eigenvalue weighted by atomic mass is 10.0. The first-order valence-corrected chi connectivity index (χ1v) is 19.5. The number of piperazine rings is 1. The fourth-order valence-corrected chi connectivity index (χ4v) is 8.97. The molecule has 246 valence electrons. The first kappa shape index (κ1) is 32.7. The van der Waals surface area contributed by atoms with Gasteiger partial charge in [-0.3, -0.25) is 4.90 Å². The zero-order chi connectivity index (χ0) is 32.8. The van der Waals surface area contributed by atoms with Crippen molar-refractivity contribution in [2.75, 3.05) is 73.3 Å². The Balaban J connectivity index is 1.24. The maximum atomic E-state index is 15.4. The van der Waals surface area contributed by atoms with Crippen molar-refractivity contribution in [2.24, 2.45) is 0 Å². The minimum atomic E-state index is -4.20. The van der Waals surface area contributed by atoms with Gasteiger partial charge in [0.05, 0.1) is 40.2 Å². The van der Waals surface area contributed by atoms with Crippen LogP contribution in [0.2, 0.25) is 5.02 Å². The number of sulfonamides is 1. The van der Waals surface area contributed by atoms with Crippen molar-refractivity contribution in [2.45, 2.75) is 23.8 Å². The highest BCUT2D eigenvalue weighted by molar-refractivity contribution is 7.93. The molecule has 2 aliphatic rings. The Morgan fingerprint density at radius 3 is 2.37 bits per heavy atom. The number of nitrogens with one attached hydrogen (secondary N) is 1. The van der Waals surface area contributed by atoms with Crippen molar-refractivity contribution < 1.29 is 21.2 Å². The van der Waals surface area contributed by atoms with Crippen LogP contribution in [-0.2, 0) is 19.9 Å². The van der Waals surface area contributed by atoms with E-state index in [0.29, 0.717) is 23.8 Å². The van der Waals surface area contributed by atoms with Crippen LogP contribution in [0.4, 0.5) is 33.3 Å². The highest BCUT2D eigenvalue weighted by Gasteiger charge is 2.32. The second-order valence-corrected chi connectivity index (χ2v) is 16.6. The summed E-state index contributed by atoms with van der Waals surface area (Å²) in [4.78, 5) is 23.5. The molecule has 4 aromatic rings. The molecular formula is C28H33ClFN9O4S3. The van der Waals surface area contributed by atoms with Crippen LogP contribution >= 0.6 is 22.9 Å². The van der Waals surface area contributed by atoms with Gasteiger partial charge >= 0.3 is 0 Å². The molecule has 46 heavy (non-hydrogen) atoms. The SMILES string of the molecule is CN1CCN(C2CCN(c3ncc(Nc4ncc(Cl)c(N(c5ccc6scnc6c5S(C)(=O)=O)S(C)(=O)=O)n4)cc3F)CC2)CC1. The van der Waals surface area contributed by atoms with Crippen molar-refractivity contribution in [1.82, 2.24) is 29.7 Å². The Morgan fingerprint density at radius 1 is 1.00 bits per heavy atom. The quantitative estimate of drug-likeness (QED) is 0.285. The van der Waals surface area contributed by atoms with E-state index in [9.17, 15) is 16.8 Å². The van der Waals surface area contributed by atoms with Crippen LogP contribution < -0.4 is 14.5 Å². The molecule has 2 aliphatic heterocycles. The zero-order valence-electron chi connectivity index (χ0n) is 25.4. The molecule has 2 saturated heterocycles. The van der Waals surface area contributed by atoms with Crippen LogP contribution in [0.3, 0.4) is 0 Å². The third-order valence-electron chi connectivity index (χ3n) is 8.17. The number of benzene rings is 1. The van der Waals surface area contributed by atoms with Gasteiger partial charge in [-0.25, -0.2) is 40.5 Å². The molecule has 0 saturated carbocycles. The summed E-state index contributed by atoms with van der Waals surface area (Å²) in [5.74, 6) is -0.668. The van der Waals surface area contributed by atoms with Crippen molar-refractivity contribution in [3.63, 3.8) is 0 Å². The second kappa shape index (κ2) is 12.8. The van der Waals surface area contributed by atoms with E-state index in [1.807, 2.05) is 4.90 Å². The normalized spacial score (nSPS) is 17.5. The van der Waals surface area contributed by atoms with Gasteiger partial charge in [-0.15, -0.1) is 11.3 Å². The molecule has 0 bridgehead atoms. The molecule has 0 aliphatic carbocycles. The summed E-state index contributed by atoms with van der Waals surface area (Å²) in [5.41, 5.74) is 1.65. The summed E-state index contributed by atoms with van der Waals surface area (Å²) < 4.78 is 68.8. The summed E-state index contributed by atoms with van der Waals surface area (Å²) >= 11 is 7.62. The molecule has 18 heteroatoms. The highest BCUT2D eigenvalue weighted by Crippen LogP contribution is 2.40. The molecule has 0 radical (unpaired) electrons. The van der Waals surface area contributed by atoms with Crippen LogP contribution in [-0.4, -0.2) is 111 Å². The summed E-state index contributed by atoms with van der Waals surface area (Å²) in [7, 11) is -6.03. The largest absolute Gasteiger partial charge is 0.354 e. The molecule has 13 nitrogen and oxygen atoms in total. The molecule has 1 N–H and O–H groups in total. The van der Waals surface area contributed by atoms with Gasteiger partial charge in [-0.05, 0) is 32.0 Å². The summed E-state index contributed by atoms with van der Waals surface area (Å²) in [6, 6.07) is 4.71. The molecule has 2 fully saturated rings. The predicted octanol–water partition coefficient (Wildman–Crippen LogP) is 3.73. The van der Waals surface area contributed by atoms with Gasteiger partial charge in [0.1, 0.15) is 15.4 Å². The number of fused-ring (bicyclic) bond motifs is 1. The van der Waals surface area contributed by atoms with Crippen LogP contribution in [0.5, 0.6) is 0 Å². The number of rotatable bonds is 8. The van der Waals surface area contributed by atoms with E-state index in [1.54, 1.807) is 6.07 Å². The van der Waals surface area contributed by atoms with Crippen molar-refractivity contribution in [3.05, 3.63) is 46.9 Å². The van der Waals surface area contributed by atoms with Gasteiger partial charge in [0.15, 0.2) is 27.3 Å². The highest BCUT2D eigenvalue weighted by atomic mass is 35.5. The van der Waals surface area contributed by atoms with E-state index in [1.165, 1.54) is 41.4 Å². The van der Waals surface area contributed by atoms with E-state index in [2.05, 4.69) is 42.1 Å². The number of hydrogen-bond donors (Lipinski definition) is 1. The minimum absolute atomic E-state index is 0.106. The summed E-state index contributed by atoms with van der Waals surface area (Å²) in [6.07, 6.45) is 6.37. The molecule has 3 aromatic heterocycles. The molecule has 1 aromatic carbocycles. The van der Waals surface area contributed by atoms with E-state index < -0.39 is 25.7 Å². The lowest BCUT2D eigenvalue weighted by Gasteiger charge is -2.42. The van der Waals surface area contributed by atoms with E-state index in [4.69, 9.17) is 11.6 Å². The average molecular weight is 710 g/mol. The zero-order valence-corrected chi connectivity index (χ0v) is 28.6. The second-order valence-electron chi connectivity index (χ2n) is 11.5. The maximum absolute atomic E-state index is 15.4. The fourth-order valence-electron chi connectivity index (χ4n) is 5.92. The maximum Gasteiger partial charge on any atom is 0.237 e. The molecule has 5 heterocycles. The lowest BCUT2D eigenvalue weighted by molar-refractivity contribution is 0.0980. The third-order valence-corrected chi connectivity index (χ3v) is 11.4. The first-order chi connectivity index (χ1) is 21.8. The predicted molar refractivity (Wildman–Crippen MR) is 179 cm³/mol. The van der Waals surface area contributed by atoms with Crippen molar-refractivity contribution in [1.29, 1.82) is 0 Å². The van der Waals surface area contributed by atoms with E-state index >= 15 is 4.39 Å². The number of aromatic nitrogens is 4. The Kier molecular flexibility index (Phi) is 9.08. The Hall–Kier alpha value is -3.22. The van der Waals surface area contributed by atoms with Crippen LogP contribution in [0.1, 0.15) is 12.8 Å². The number of anilines is 5. The van der Waals surface area contributed by atoms with Crippen LogP contribution in [0.25, 0.3) is 10.2 Å². The topological polar surface area (TPSA) is 145 Å². The van der Waals surface area contributed by atoms with Crippen molar-refractivity contribution in [3.8, 4) is 0 Å². The van der Waals surface area contributed by atoms with Gasteiger partial charge in [0.25, 0.3) is 0 Å². The average Bonchev–Trinajstić information content (AvgIpc) is 3.47. The molecule has 0 atom stereocenters. The molecule has 0 unspecified atom stereocenters. The monoisotopic (exact) mass is 709 g/mol. The number of likely N-dealkylation sites (N-methyl/N-ethyl adjacent to an activating group) is 1. The summed E-state index contributed by atoms with van der Waals surface area (Å²) in [6.45, 7) is 5.59. The Labute approximate surface area is 276 Å². The first-order valence-electron chi connectivity index (χ1n) is 14.5. The van der Waals surface area contributed by atoms with Crippen molar-refractivity contribution >= 4 is 82.0 Å². The molecular weight excluding hydrogens is 677 g/mol. The number of pyridine rings is 1. The summed E-state index contributed by atoms with van der Waals surface area (Å²) in [5, 5.41) is 2.70. The van der Waals surface area contributed by atoms with Gasteiger partial charge in [-0.1, -0.05) is 11.6 Å². The molecule has 0 spiro atoms. The van der Waals surface area contributed by atoms with Crippen LogP contribution in [0, 0.1) is 5.82 Å². The Morgan fingerprint density at radius 2 is 1.72 bits per heavy atom. The number of sulfone groups is 1. The molecule has 6 rings (SSSR count). The number of halogens is 2. The Bertz CT molecular complexity index is 1980. The van der Waals surface area contributed by atoms with E-state index in [0.717, 1.165) is 55.8 Å². The van der Waals surface area contributed by atoms with Gasteiger partial charge < -0.3 is 15.1 Å². The smallest absolute Gasteiger partial charge is 0.237 e. The number of thiazole rings is 1. The lowest BCUT2D eigenvalue weighted by Crippen LogP contribution is -2.52. The van der Waals surface area contributed by atoms with Crippen LogP contribution in [0.15, 0.2) is 41.0 Å². The number of hydrogen-bond acceptors (Lipinski definition) is 13. The number of nitrogens with zero attached hydrogens (tertiary/aromatic N) is 8. The van der Waals surface area contributed by atoms with Gasteiger partial charge in [0.2, 0.25) is 16.0 Å². The minimum Gasteiger partial charge on any atom is -0.354 e.